The smallest absolute Gasteiger partial charge is 0.396 e. The Morgan fingerprint density at radius 2 is 1.73 bits per heavy atom. The highest BCUT2D eigenvalue weighted by Gasteiger charge is 2.30. The van der Waals surface area contributed by atoms with Crippen molar-refractivity contribution in [3.05, 3.63) is 29.8 Å². The summed E-state index contributed by atoms with van der Waals surface area (Å²) < 4.78 is 9.51. The quantitative estimate of drug-likeness (QED) is 0.643. The molecule has 1 unspecified atom stereocenters. The Morgan fingerprint density at radius 3 is 2.27 bits per heavy atom. The molecule has 0 aromatic heterocycles. The normalized spacial score (nSPS) is 20.7. The SMILES string of the molecule is CCOC(=O)C(C)C1CCC(c2ccc(NC(=O)C(=O)OC)cc2)CC1. The lowest BCUT2D eigenvalue weighted by Gasteiger charge is -2.31. The van der Waals surface area contributed by atoms with Gasteiger partial charge in [0.25, 0.3) is 0 Å². The van der Waals surface area contributed by atoms with Gasteiger partial charge in [-0.2, -0.15) is 0 Å². The van der Waals surface area contributed by atoms with Gasteiger partial charge in [-0.05, 0) is 62.1 Å². The standard InChI is InChI=1S/C20H27NO5/c1-4-26-19(23)13(2)14-5-7-15(8-6-14)16-9-11-17(12-10-16)21-18(22)20(24)25-3/h9-15H,4-8H2,1-3H3,(H,21,22). The minimum absolute atomic E-state index is 0.0493. The van der Waals surface area contributed by atoms with E-state index in [9.17, 15) is 14.4 Å². The Kier molecular flexibility index (Phi) is 7.18. The van der Waals surface area contributed by atoms with Crippen molar-refractivity contribution < 1.29 is 23.9 Å². The Balaban J connectivity index is 1.88. The molecule has 1 N–H and O–H groups in total. The lowest BCUT2D eigenvalue weighted by atomic mass is 9.74. The van der Waals surface area contributed by atoms with Gasteiger partial charge in [0, 0.05) is 5.69 Å². The number of esters is 2. The molecule has 0 saturated heterocycles. The topological polar surface area (TPSA) is 81.7 Å². The van der Waals surface area contributed by atoms with Crippen LogP contribution in [0.3, 0.4) is 0 Å². The van der Waals surface area contributed by atoms with E-state index in [-0.39, 0.29) is 11.9 Å². The molecule has 0 spiro atoms. The molecule has 26 heavy (non-hydrogen) atoms. The number of hydrogen-bond donors (Lipinski definition) is 1. The van der Waals surface area contributed by atoms with E-state index in [2.05, 4.69) is 10.1 Å². The van der Waals surface area contributed by atoms with Crippen LogP contribution >= 0.6 is 0 Å². The first-order chi connectivity index (χ1) is 12.5. The summed E-state index contributed by atoms with van der Waals surface area (Å²) in [5.74, 6) is -1.01. The fourth-order valence-corrected chi connectivity index (χ4v) is 3.53. The number of carbonyl (C=O) groups is 3. The maximum atomic E-state index is 11.9. The highest BCUT2D eigenvalue weighted by Crippen LogP contribution is 2.39. The van der Waals surface area contributed by atoms with E-state index in [1.54, 1.807) is 12.1 Å². The Labute approximate surface area is 154 Å². The molecule has 6 nitrogen and oxygen atoms in total. The second-order valence-electron chi connectivity index (χ2n) is 6.72. The average Bonchev–Trinajstić information content (AvgIpc) is 2.67. The molecule has 0 heterocycles. The van der Waals surface area contributed by atoms with Gasteiger partial charge in [-0.15, -0.1) is 0 Å². The van der Waals surface area contributed by atoms with Crippen molar-refractivity contribution in [2.75, 3.05) is 19.0 Å². The van der Waals surface area contributed by atoms with E-state index in [0.29, 0.717) is 24.1 Å². The van der Waals surface area contributed by atoms with Crippen molar-refractivity contribution in [2.24, 2.45) is 11.8 Å². The van der Waals surface area contributed by atoms with E-state index in [0.717, 1.165) is 25.7 Å². The molecule has 2 rings (SSSR count). The molecule has 1 fully saturated rings. The molecule has 1 aromatic rings. The predicted molar refractivity (Wildman–Crippen MR) is 97.6 cm³/mol. The average molecular weight is 361 g/mol. The predicted octanol–water partition coefficient (Wildman–Crippen LogP) is 3.27. The van der Waals surface area contributed by atoms with Crippen LogP contribution < -0.4 is 5.32 Å². The number of amides is 1. The molecule has 0 aliphatic heterocycles. The van der Waals surface area contributed by atoms with Crippen molar-refractivity contribution in [1.82, 2.24) is 0 Å². The molecule has 1 atom stereocenters. The number of ether oxygens (including phenoxy) is 2. The van der Waals surface area contributed by atoms with E-state index < -0.39 is 11.9 Å². The van der Waals surface area contributed by atoms with Gasteiger partial charge in [0.05, 0.1) is 19.6 Å². The van der Waals surface area contributed by atoms with Gasteiger partial charge in [-0.3, -0.25) is 9.59 Å². The van der Waals surface area contributed by atoms with Crippen LogP contribution in [0.25, 0.3) is 0 Å². The first-order valence-electron chi connectivity index (χ1n) is 9.12. The van der Waals surface area contributed by atoms with Gasteiger partial charge < -0.3 is 14.8 Å². The lowest BCUT2D eigenvalue weighted by Crippen LogP contribution is -2.26. The number of rotatable bonds is 5. The molecule has 1 aliphatic carbocycles. The second kappa shape index (κ2) is 9.36. The van der Waals surface area contributed by atoms with Gasteiger partial charge in [0.1, 0.15) is 0 Å². The number of benzene rings is 1. The van der Waals surface area contributed by atoms with E-state index in [1.807, 2.05) is 26.0 Å². The largest absolute Gasteiger partial charge is 0.466 e. The number of nitrogens with one attached hydrogen (secondary N) is 1. The Hall–Kier alpha value is -2.37. The van der Waals surface area contributed by atoms with Crippen LogP contribution in [0.2, 0.25) is 0 Å². The highest BCUT2D eigenvalue weighted by atomic mass is 16.5. The lowest BCUT2D eigenvalue weighted by molar-refractivity contribution is -0.150. The van der Waals surface area contributed by atoms with Crippen LogP contribution in [0.5, 0.6) is 0 Å². The maximum Gasteiger partial charge on any atom is 0.396 e. The number of anilines is 1. The van der Waals surface area contributed by atoms with Gasteiger partial charge in [-0.1, -0.05) is 19.1 Å². The van der Waals surface area contributed by atoms with Crippen molar-refractivity contribution in [3.8, 4) is 0 Å². The van der Waals surface area contributed by atoms with E-state index in [4.69, 9.17) is 4.74 Å². The zero-order valence-corrected chi connectivity index (χ0v) is 15.6. The molecule has 142 valence electrons. The van der Waals surface area contributed by atoms with Gasteiger partial charge in [0.15, 0.2) is 0 Å². The summed E-state index contributed by atoms with van der Waals surface area (Å²) in [6.07, 6.45) is 4.07. The van der Waals surface area contributed by atoms with Crippen LogP contribution in [0.1, 0.15) is 51.0 Å². The fourth-order valence-electron chi connectivity index (χ4n) is 3.53. The molecule has 0 bridgehead atoms. The van der Waals surface area contributed by atoms with Crippen LogP contribution in [0.15, 0.2) is 24.3 Å². The van der Waals surface area contributed by atoms with Crippen LogP contribution in [-0.2, 0) is 23.9 Å². The minimum atomic E-state index is -0.914. The number of hydrogen-bond acceptors (Lipinski definition) is 5. The van der Waals surface area contributed by atoms with Crippen molar-refractivity contribution in [1.29, 1.82) is 0 Å². The van der Waals surface area contributed by atoms with Gasteiger partial charge >= 0.3 is 17.8 Å². The molecule has 6 heteroatoms. The summed E-state index contributed by atoms with van der Waals surface area (Å²) in [4.78, 5) is 34.5. The summed E-state index contributed by atoms with van der Waals surface area (Å²) in [7, 11) is 1.17. The molecular formula is C20H27NO5. The van der Waals surface area contributed by atoms with Gasteiger partial charge in [0.2, 0.25) is 0 Å². The molecular weight excluding hydrogens is 334 g/mol. The third kappa shape index (κ3) is 5.07. The molecule has 1 saturated carbocycles. The zero-order chi connectivity index (χ0) is 19.1. The number of methoxy groups -OCH3 is 1. The summed E-state index contributed by atoms with van der Waals surface area (Å²) in [6, 6.07) is 7.55. The third-order valence-corrected chi connectivity index (χ3v) is 5.15. The maximum absolute atomic E-state index is 11.9. The monoisotopic (exact) mass is 361 g/mol. The summed E-state index contributed by atoms with van der Waals surface area (Å²) >= 11 is 0. The first kappa shape index (κ1) is 19.9. The summed E-state index contributed by atoms with van der Waals surface area (Å²) in [5, 5.41) is 2.50. The fraction of sp³-hybridized carbons (Fsp3) is 0.550. The third-order valence-electron chi connectivity index (χ3n) is 5.15. The van der Waals surface area contributed by atoms with Crippen LogP contribution in [-0.4, -0.2) is 31.6 Å². The van der Waals surface area contributed by atoms with Gasteiger partial charge in [-0.25, -0.2) is 4.79 Å². The first-order valence-corrected chi connectivity index (χ1v) is 9.12. The molecule has 1 aliphatic rings. The Morgan fingerprint density at radius 1 is 1.12 bits per heavy atom. The van der Waals surface area contributed by atoms with Crippen LogP contribution in [0, 0.1) is 11.8 Å². The number of carbonyl (C=O) groups excluding carboxylic acids is 3. The molecule has 1 amide bonds. The minimum Gasteiger partial charge on any atom is -0.466 e. The van der Waals surface area contributed by atoms with Crippen LogP contribution in [0.4, 0.5) is 5.69 Å². The highest BCUT2D eigenvalue weighted by molar-refractivity contribution is 6.37. The van der Waals surface area contributed by atoms with Crippen molar-refractivity contribution in [3.63, 3.8) is 0 Å². The summed E-state index contributed by atoms with van der Waals surface area (Å²) in [5.41, 5.74) is 1.78. The zero-order valence-electron chi connectivity index (χ0n) is 15.6. The van der Waals surface area contributed by atoms with E-state index in [1.165, 1.54) is 12.7 Å². The Bertz CT molecular complexity index is 632. The van der Waals surface area contributed by atoms with E-state index >= 15 is 0 Å². The van der Waals surface area contributed by atoms with Crippen molar-refractivity contribution >= 4 is 23.5 Å². The summed E-state index contributed by atoms with van der Waals surface area (Å²) in [6.45, 7) is 4.22. The van der Waals surface area contributed by atoms with Crippen molar-refractivity contribution in [2.45, 2.75) is 45.4 Å². The molecule has 1 aromatic carbocycles. The second-order valence-corrected chi connectivity index (χ2v) is 6.72. The molecule has 0 radical (unpaired) electrons.